The fraction of sp³-hybridized carbons (Fsp3) is 0.545. The zero-order valence-corrected chi connectivity index (χ0v) is 16.7. The summed E-state index contributed by atoms with van der Waals surface area (Å²) in [5.74, 6) is 1.06. The largest absolute Gasteiger partial charge is 0.378 e. The summed E-state index contributed by atoms with van der Waals surface area (Å²) in [6.07, 6.45) is 5.07. The molecule has 1 amide bonds. The molecule has 7 heteroatoms. The van der Waals surface area contributed by atoms with Crippen molar-refractivity contribution < 1.29 is 14.3 Å². The highest BCUT2D eigenvalue weighted by atomic mass is 16.5. The molecule has 2 aromatic rings. The van der Waals surface area contributed by atoms with Gasteiger partial charge in [-0.25, -0.2) is 4.98 Å². The quantitative estimate of drug-likeness (QED) is 0.789. The number of rotatable bonds is 3. The summed E-state index contributed by atoms with van der Waals surface area (Å²) in [6.45, 7) is 5.85. The first-order valence-corrected chi connectivity index (χ1v) is 10.6. The van der Waals surface area contributed by atoms with Crippen molar-refractivity contribution in [2.45, 2.75) is 37.6 Å². The van der Waals surface area contributed by atoms with Crippen LogP contribution >= 0.6 is 0 Å². The lowest BCUT2D eigenvalue weighted by Gasteiger charge is -2.46. The Morgan fingerprint density at radius 2 is 1.86 bits per heavy atom. The van der Waals surface area contributed by atoms with Crippen molar-refractivity contribution in [2.75, 3.05) is 39.4 Å². The van der Waals surface area contributed by atoms with Gasteiger partial charge in [0, 0.05) is 45.1 Å². The van der Waals surface area contributed by atoms with E-state index in [0.29, 0.717) is 32.8 Å². The molecule has 0 bridgehead atoms. The normalized spacial score (nSPS) is 24.4. The van der Waals surface area contributed by atoms with E-state index in [1.165, 1.54) is 5.56 Å². The summed E-state index contributed by atoms with van der Waals surface area (Å²) in [4.78, 5) is 22.1. The first-order chi connectivity index (χ1) is 14.2. The Labute approximate surface area is 171 Å². The highest BCUT2D eigenvalue weighted by Gasteiger charge is 2.47. The van der Waals surface area contributed by atoms with Gasteiger partial charge in [-0.05, 0) is 18.4 Å². The molecule has 1 unspecified atom stereocenters. The Morgan fingerprint density at radius 3 is 2.62 bits per heavy atom. The van der Waals surface area contributed by atoms with Crippen molar-refractivity contribution in [1.29, 1.82) is 0 Å². The summed E-state index contributed by atoms with van der Waals surface area (Å²) in [5.41, 5.74) is 0.858. The third kappa shape index (κ3) is 3.70. The van der Waals surface area contributed by atoms with Gasteiger partial charge in [-0.3, -0.25) is 9.69 Å². The van der Waals surface area contributed by atoms with Gasteiger partial charge >= 0.3 is 0 Å². The summed E-state index contributed by atoms with van der Waals surface area (Å²) >= 11 is 0. The van der Waals surface area contributed by atoms with Gasteiger partial charge in [0.05, 0.1) is 19.8 Å². The highest BCUT2D eigenvalue weighted by molar-refractivity contribution is 5.81. The van der Waals surface area contributed by atoms with Crippen LogP contribution in [0.15, 0.2) is 42.7 Å². The van der Waals surface area contributed by atoms with Crippen molar-refractivity contribution in [1.82, 2.24) is 19.4 Å². The maximum atomic E-state index is 13.1. The number of amides is 1. The van der Waals surface area contributed by atoms with Crippen molar-refractivity contribution in [3.63, 3.8) is 0 Å². The van der Waals surface area contributed by atoms with Crippen LogP contribution in [0.1, 0.15) is 24.2 Å². The second kappa shape index (κ2) is 7.89. The molecule has 1 spiro atoms. The molecular formula is C22H28N4O3. The van der Waals surface area contributed by atoms with E-state index in [-0.39, 0.29) is 5.91 Å². The van der Waals surface area contributed by atoms with E-state index in [1.54, 1.807) is 0 Å². The molecule has 1 aromatic carbocycles. The average Bonchev–Trinajstić information content (AvgIpc) is 3.26. The standard InChI is InChI=1S/C22H28N4O3/c27-20(25-12-14-28-15-13-25)19-17-26-11-8-23-21(26)22(29-19)6-9-24(10-7-22)16-18-4-2-1-3-5-18/h1-5,8,11,19H,6-7,9-10,12-17H2. The number of morpholine rings is 1. The van der Waals surface area contributed by atoms with Gasteiger partial charge in [0.2, 0.25) is 0 Å². The molecule has 3 aliphatic heterocycles. The Kier molecular flexibility index (Phi) is 5.11. The summed E-state index contributed by atoms with van der Waals surface area (Å²) in [7, 11) is 0. The monoisotopic (exact) mass is 396 g/mol. The summed E-state index contributed by atoms with van der Waals surface area (Å²) in [6, 6.07) is 10.6. The molecule has 4 heterocycles. The summed E-state index contributed by atoms with van der Waals surface area (Å²) < 4.78 is 14.1. The molecule has 1 aromatic heterocycles. The number of imidazole rings is 1. The number of likely N-dealkylation sites (tertiary alicyclic amines) is 1. The molecular weight excluding hydrogens is 368 g/mol. The zero-order valence-electron chi connectivity index (χ0n) is 16.7. The average molecular weight is 396 g/mol. The molecule has 5 rings (SSSR count). The van der Waals surface area contributed by atoms with Crippen LogP contribution in [0, 0.1) is 0 Å². The number of hydrogen-bond donors (Lipinski definition) is 0. The van der Waals surface area contributed by atoms with Gasteiger partial charge in [-0.2, -0.15) is 0 Å². The second-order valence-electron chi connectivity index (χ2n) is 8.20. The van der Waals surface area contributed by atoms with Crippen LogP contribution in [-0.4, -0.2) is 70.8 Å². The van der Waals surface area contributed by atoms with E-state index in [9.17, 15) is 4.79 Å². The van der Waals surface area contributed by atoms with E-state index in [2.05, 4.69) is 44.8 Å². The van der Waals surface area contributed by atoms with Crippen molar-refractivity contribution in [2.24, 2.45) is 0 Å². The minimum atomic E-state index is -0.471. The van der Waals surface area contributed by atoms with Gasteiger partial charge in [-0.15, -0.1) is 0 Å². The SMILES string of the molecule is O=C(C1Cn2ccnc2C2(CCN(Cc3ccccc3)CC2)O1)N1CCOCC1. The molecule has 0 radical (unpaired) electrons. The van der Waals surface area contributed by atoms with E-state index >= 15 is 0 Å². The fourth-order valence-corrected chi connectivity index (χ4v) is 4.77. The molecule has 154 valence electrons. The van der Waals surface area contributed by atoms with Gasteiger partial charge in [0.15, 0.2) is 6.10 Å². The Morgan fingerprint density at radius 1 is 1.10 bits per heavy atom. The summed E-state index contributed by atoms with van der Waals surface area (Å²) in [5, 5.41) is 0. The van der Waals surface area contributed by atoms with Crippen LogP contribution in [0.2, 0.25) is 0 Å². The molecule has 0 saturated carbocycles. The van der Waals surface area contributed by atoms with Crippen LogP contribution in [0.4, 0.5) is 0 Å². The maximum absolute atomic E-state index is 13.1. The number of fused-ring (bicyclic) bond motifs is 2. The zero-order chi connectivity index (χ0) is 19.7. The maximum Gasteiger partial charge on any atom is 0.253 e. The van der Waals surface area contributed by atoms with Gasteiger partial charge in [-0.1, -0.05) is 30.3 Å². The fourth-order valence-electron chi connectivity index (χ4n) is 4.77. The Balaban J connectivity index is 1.31. The van der Waals surface area contributed by atoms with E-state index in [1.807, 2.05) is 17.3 Å². The molecule has 3 aliphatic rings. The van der Waals surface area contributed by atoms with Crippen LogP contribution in [0.3, 0.4) is 0 Å². The lowest BCUT2D eigenvalue weighted by Crippen LogP contribution is -2.55. The number of aromatic nitrogens is 2. The third-order valence-electron chi connectivity index (χ3n) is 6.36. The highest BCUT2D eigenvalue weighted by Crippen LogP contribution is 2.40. The van der Waals surface area contributed by atoms with E-state index in [0.717, 1.165) is 38.3 Å². The smallest absolute Gasteiger partial charge is 0.253 e. The lowest BCUT2D eigenvalue weighted by molar-refractivity contribution is -0.183. The van der Waals surface area contributed by atoms with Gasteiger partial charge in [0.1, 0.15) is 11.4 Å². The number of benzene rings is 1. The molecule has 1 atom stereocenters. The van der Waals surface area contributed by atoms with Gasteiger partial charge in [0.25, 0.3) is 5.91 Å². The molecule has 2 saturated heterocycles. The van der Waals surface area contributed by atoms with Crippen molar-refractivity contribution in [3.8, 4) is 0 Å². The number of nitrogens with zero attached hydrogens (tertiary/aromatic N) is 4. The predicted octanol–water partition coefficient (Wildman–Crippen LogP) is 1.63. The minimum absolute atomic E-state index is 0.0822. The van der Waals surface area contributed by atoms with Crippen LogP contribution in [0.25, 0.3) is 0 Å². The number of piperidine rings is 1. The minimum Gasteiger partial charge on any atom is -0.378 e. The Hall–Kier alpha value is -2.22. The van der Waals surface area contributed by atoms with Crippen LogP contribution in [-0.2, 0) is 33.0 Å². The predicted molar refractivity (Wildman–Crippen MR) is 107 cm³/mol. The topological polar surface area (TPSA) is 59.8 Å². The van der Waals surface area contributed by atoms with Crippen LogP contribution in [0.5, 0.6) is 0 Å². The van der Waals surface area contributed by atoms with Crippen molar-refractivity contribution in [3.05, 3.63) is 54.1 Å². The molecule has 0 aliphatic carbocycles. The first kappa shape index (κ1) is 18.8. The molecule has 0 N–H and O–H groups in total. The molecule has 7 nitrogen and oxygen atoms in total. The Bertz CT molecular complexity index is 839. The second-order valence-corrected chi connectivity index (χ2v) is 8.20. The van der Waals surface area contributed by atoms with Crippen molar-refractivity contribution >= 4 is 5.91 Å². The third-order valence-corrected chi connectivity index (χ3v) is 6.36. The number of hydrogen-bond acceptors (Lipinski definition) is 5. The van der Waals surface area contributed by atoms with E-state index < -0.39 is 11.7 Å². The first-order valence-electron chi connectivity index (χ1n) is 10.6. The van der Waals surface area contributed by atoms with Crippen LogP contribution < -0.4 is 0 Å². The molecule has 29 heavy (non-hydrogen) atoms. The van der Waals surface area contributed by atoms with Gasteiger partial charge < -0.3 is 18.9 Å². The molecule has 2 fully saturated rings. The lowest BCUT2D eigenvalue weighted by atomic mass is 9.88. The van der Waals surface area contributed by atoms with E-state index in [4.69, 9.17) is 9.47 Å². The number of ether oxygens (including phenoxy) is 2. The number of carbonyl (C=O) groups is 1. The number of carbonyl (C=O) groups excluding carboxylic acids is 1.